The number of halogens is 1. The largest absolute Gasteiger partial charge is 0.478 e. The summed E-state index contributed by atoms with van der Waals surface area (Å²) in [5, 5.41) is 11.1. The molecule has 4 rings (SSSR count). The van der Waals surface area contributed by atoms with Crippen LogP contribution in [0.4, 0.5) is 14.9 Å². The molecule has 0 bridgehead atoms. The lowest BCUT2D eigenvalue weighted by molar-refractivity contribution is -0.122. The van der Waals surface area contributed by atoms with E-state index in [1.54, 1.807) is 35.0 Å². The van der Waals surface area contributed by atoms with Gasteiger partial charge >= 0.3 is 12.0 Å². The summed E-state index contributed by atoms with van der Waals surface area (Å²) in [5.41, 5.74) is 1.01. The zero-order valence-electron chi connectivity index (χ0n) is 15.8. The highest BCUT2D eigenvalue weighted by molar-refractivity contribution is 6.39. The van der Waals surface area contributed by atoms with Gasteiger partial charge < -0.3 is 9.67 Å². The second-order valence-electron chi connectivity index (χ2n) is 6.59. The number of urea groups is 1. The zero-order valence-corrected chi connectivity index (χ0v) is 15.8. The van der Waals surface area contributed by atoms with Crippen molar-refractivity contribution in [1.82, 2.24) is 9.88 Å². The van der Waals surface area contributed by atoms with Crippen LogP contribution in [0.15, 0.2) is 72.4 Å². The van der Waals surface area contributed by atoms with Crippen molar-refractivity contribution in [3.63, 3.8) is 0 Å². The quantitative estimate of drug-likeness (QED) is 0.499. The number of carboxylic acid groups (broad SMARTS) is 1. The Labute approximate surface area is 174 Å². The molecule has 1 aromatic heterocycles. The van der Waals surface area contributed by atoms with Crippen LogP contribution in [0.1, 0.15) is 16.1 Å². The highest BCUT2D eigenvalue weighted by Crippen LogP contribution is 2.23. The van der Waals surface area contributed by atoms with Gasteiger partial charge in [-0.25, -0.2) is 18.9 Å². The van der Waals surface area contributed by atoms with Crippen LogP contribution in [0, 0.1) is 5.82 Å². The summed E-state index contributed by atoms with van der Waals surface area (Å²) in [7, 11) is 0. The molecule has 154 valence electrons. The highest BCUT2D eigenvalue weighted by atomic mass is 19.1. The van der Waals surface area contributed by atoms with Crippen molar-refractivity contribution >= 4 is 35.6 Å². The average Bonchev–Trinajstić information content (AvgIpc) is 3.20. The Morgan fingerprint density at radius 1 is 0.935 bits per heavy atom. The van der Waals surface area contributed by atoms with Gasteiger partial charge in [0, 0.05) is 17.6 Å². The average molecular weight is 419 g/mol. The van der Waals surface area contributed by atoms with Crippen LogP contribution >= 0.6 is 0 Å². The summed E-state index contributed by atoms with van der Waals surface area (Å²) < 4.78 is 14.9. The predicted molar refractivity (Wildman–Crippen MR) is 108 cm³/mol. The third kappa shape index (κ3) is 3.71. The van der Waals surface area contributed by atoms with Gasteiger partial charge in [-0.2, -0.15) is 0 Å². The number of rotatable bonds is 4. The topological polar surface area (TPSA) is 109 Å². The van der Waals surface area contributed by atoms with Crippen LogP contribution in [-0.2, 0) is 9.59 Å². The van der Waals surface area contributed by atoms with E-state index in [9.17, 15) is 23.6 Å². The first-order valence-corrected chi connectivity index (χ1v) is 9.03. The lowest BCUT2D eigenvalue weighted by Crippen LogP contribution is -2.54. The van der Waals surface area contributed by atoms with Crippen molar-refractivity contribution in [1.29, 1.82) is 0 Å². The van der Waals surface area contributed by atoms with E-state index in [1.807, 2.05) is 0 Å². The van der Waals surface area contributed by atoms with Crippen molar-refractivity contribution in [2.24, 2.45) is 0 Å². The number of imide groups is 2. The number of nitrogens with one attached hydrogen (secondary N) is 1. The van der Waals surface area contributed by atoms with Crippen molar-refractivity contribution < 1.29 is 28.7 Å². The molecule has 2 N–H and O–H groups in total. The minimum Gasteiger partial charge on any atom is -0.478 e. The molecule has 2 heterocycles. The first kappa shape index (κ1) is 19.8. The van der Waals surface area contributed by atoms with Crippen molar-refractivity contribution in [3.05, 3.63) is 89.5 Å². The van der Waals surface area contributed by atoms with Crippen molar-refractivity contribution in [3.8, 4) is 5.69 Å². The molecule has 0 unspecified atom stereocenters. The SMILES string of the molecule is O=C1NC(=O)N(c2ccc(F)cc2)C(=O)/C1=C/c1cccn1-c1ccc(C(=O)O)cc1. The standard InChI is InChI=1S/C22H14FN3O5/c23-14-5-9-16(10-6-14)26-20(28)18(19(27)24-22(26)31)12-17-2-1-11-25(17)15-7-3-13(4-8-15)21(29)30/h1-12H,(H,29,30)(H,24,27,31)/b18-12+. The number of aromatic carboxylic acids is 1. The van der Waals surface area contributed by atoms with Gasteiger partial charge in [-0.05, 0) is 66.7 Å². The Hall–Kier alpha value is -4.53. The number of hydrogen-bond acceptors (Lipinski definition) is 4. The summed E-state index contributed by atoms with van der Waals surface area (Å²) in [4.78, 5) is 49.3. The van der Waals surface area contributed by atoms with Gasteiger partial charge in [0.15, 0.2) is 0 Å². The molecule has 2 aromatic carbocycles. The van der Waals surface area contributed by atoms with E-state index in [-0.39, 0.29) is 16.8 Å². The second-order valence-corrected chi connectivity index (χ2v) is 6.59. The molecular weight excluding hydrogens is 405 g/mol. The van der Waals surface area contributed by atoms with E-state index in [0.29, 0.717) is 11.4 Å². The Morgan fingerprint density at radius 2 is 1.58 bits per heavy atom. The van der Waals surface area contributed by atoms with E-state index in [2.05, 4.69) is 5.32 Å². The summed E-state index contributed by atoms with van der Waals surface area (Å²) in [6, 6.07) is 13.2. The number of barbiturate groups is 1. The van der Waals surface area contributed by atoms with Crippen LogP contribution < -0.4 is 10.2 Å². The first-order chi connectivity index (χ1) is 14.8. The molecule has 3 aromatic rings. The number of aromatic nitrogens is 1. The molecule has 0 spiro atoms. The number of carboxylic acids is 1. The van der Waals surface area contributed by atoms with Crippen LogP contribution in [0.5, 0.6) is 0 Å². The van der Waals surface area contributed by atoms with Crippen LogP contribution in [0.3, 0.4) is 0 Å². The zero-order chi connectivity index (χ0) is 22.1. The lowest BCUT2D eigenvalue weighted by atomic mass is 10.1. The van der Waals surface area contributed by atoms with Gasteiger partial charge in [0.25, 0.3) is 11.8 Å². The Bertz CT molecular complexity index is 1240. The van der Waals surface area contributed by atoms with Crippen molar-refractivity contribution in [2.75, 3.05) is 4.90 Å². The monoisotopic (exact) mass is 419 g/mol. The van der Waals surface area contributed by atoms with Gasteiger partial charge in [0.2, 0.25) is 0 Å². The summed E-state index contributed by atoms with van der Waals surface area (Å²) in [5.74, 6) is -3.31. The molecule has 1 aliphatic rings. The molecule has 1 aliphatic heterocycles. The van der Waals surface area contributed by atoms with E-state index in [4.69, 9.17) is 5.11 Å². The fourth-order valence-electron chi connectivity index (χ4n) is 3.14. The lowest BCUT2D eigenvalue weighted by Gasteiger charge is -2.26. The number of nitrogens with zero attached hydrogens (tertiary/aromatic N) is 2. The van der Waals surface area contributed by atoms with Crippen LogP contribution in [0.2, 0.25) is 0 Å². The van der Waals surface area contributed by atoms with Crippen molar-refractivity contribution in [2.45, 2.75) is 0 Å². The minimum absolute atomic E-state index is 0.113. The molecule has 0 saturated carbocycles. The summed E-state index contributed by atoms with van der Waals surface area (Å²) in [6.07, 6.45) is 3.00. The van der Waals surface area contributed by atoms with Gasteiger partial charge in [-0.1, -0.05) is 0 Å². The Kier molecular flexibility index (Phi) is 4.92. The number of benzene rings is 2. The van der Waals surface area contributed by atoms with E-state index >= 15 is 0 Å². The number of anilines is 1. The normalized spacial score (nSPS) is 15.3. The smallest absolute Gasteiger partial charge is 0.335 e. The maximum Gasteiger partial charge on any atom is 0.335 e. The van der Waals surface area contributed by atoms with Crippen LogP contribution in [0.25, 0.3) is 11.8 Å². The molecule has 4 amide bonds. The Morgan fingerprint density at radius 3 is 2.23 bits per heavy atom. The molecule has 1 saturated heterocycles. The third-order valence-electron chi connectivity index (χ3n) is 4.65. The molecule has 0 atom stereocenters. The molecule has 0 aliphatic carbocycles. The number of hydrogen-bond donors (Lipinski definition) is 2. The second kappa shape index (κ2) is 7.71. The van der Waals surface area contributed by atoms with Gasteiger partial charge in [-0.15, -0.1) is 0 Å². The maximum absolute atomic E-state index is 13.2. The van der Waals surface area contributed by atoms with Gasteiger partial charge in [0.05, 0.1) is 11.3 Å². The fraction of sp³-hybridized carbons (Fsp3) is 0. The summed E-state index contributed by atoms with van der Waals surface area (Å²) in [6.45, 7) is 0. The Balaban J connectivity index is 1.71. The molecule has 31 heavy (non-hydrogen) atoms. The number of amides is 4. The predicted octanol–water partition coefficient (Wildman–Crippen LogP) is 2.98. The van der Waals surface area contributed by atoms with E-state index < -0.39 is 29.6 Å². The fourth-order valence-corrected chi connectivity index (χ4v) is 3.14. The third-order valence-corrected chi connectivity index (χ3v) is 4.65. The molecule has 1 fully saturated rings. The van der Waals surface area contributed by atoms with Crippen LogP contribution in [-0.4, -0.2) is 33.5 Å². The minimum atomic E-state index is -1.06. The summed E-state index contributed by atoms with van der Waals surface area (Å²) >= 11 is 0. The molecular formula is C22H14FN3O5. The molecule has 0 radical (unpaired) electrons. The number of carbonyl (C=O) groups is 4. The molecule has 8 nitrogen and oxygen atoms in total. The van der Waals surface area contributed by atoms with E-state index in [1.165, 1.54) is 30.3 Å². The highest BCUT2D eigenvalue weighted by Gasteiger charge is 2.37. The maximum atomic E-state index is 13.2. The van der Waals surface area contributed by atoms with Gasteiger partial charge in [-0.3, -0.25) is 14.9 Å². The number of carbonyl (C=O) groups excluding carboxylic acids is 3. The van der Waals surface area contributed by atoms with E-state index in [0.717, 1.165) is 17.0 Å². The van der Waals surface area contributed by atoms with Gasteiger partial charge in [0.1, 0.15) is 11.4 Å². The first-order valence-electron chi connectivity index (χ1n) is 9.03. The molecule has 9 heteroatoms.